The van der Waals surface area contributed by atoms with E-state index in [1.165, 1.54) is 18.2 Å². The van der Waals surface area contributed by atoms with Crippen LogP contribution in [0.1, 0.15) is 11.1 Å². The number of nitrogens with zero attached hydrogens (tertiary/aromatic N) is 1. The number of hydrogen-bond acceptors (Lipinski definition) is 5. The molecule has 1 amide bonds. The molecule has 0 fully saturated rings. The summed E-state index contributed by atoms with van der Waals surface area (Å²) >= 11 is 5.80. The highest BCUT2D eigenvalue weighted by atomic mass is 35.5. The lowest BCUT2D eigenvalue weighted by Gasteiger charge is -2.07. The van der Waals surface area contributed by atoms with Crippen LogP contribution < -0.4 is 5.32 Å². The summed E-state index contributed by atoms with van der Waals surface area (Å²) in [4.78, 5) is 33.8. The molecule has 0 atom stereocenters. The number of amides is 1. The van der Waals surface area contributed by atoms with Gasteiger partial charge in [0.15, 0.2) is 6.61 Å². The van der Waals surface area contributed by atoms with E-state index in [0.29, 0.717) is 18.0 Å². The van der Waals surface area contributed by atoms with E-state index in [1.54, 1.807) is 18.2 Å². The van der Waals surface area contributed by atoms with Crippen LogP contribution in [0, 0.1) is 10.1 Å². The van der Waals surface area contributed by atoms with Crippen molar-refractivity contribution in [3.05, 3.63) is 74.8 Å². The van der Waals surface area contributed by atoms with Crippen molar-refractivity contribution in [2.45, 2.75) is 12.8 Å². The van der Waals surface area contributed by atoms with Gasteiger partial charge in [-0.15, -0.1) is 0 Å². The molecule has 0 aliphatic heterocycles. The van der Waals surface area contributed by atoms with Crippen LogP contribution in [0.15, 0.2) is 48.5 Å². The quantitative estimate of drug-likeness (QED) is 0.434. The Balaban J connectivity index is 1.72. The Hall–Kier alpha value is -2.93. The number of carbonyl (C=O) groups is 2. The molecule has 0 aliphatic carbocycles. The number of nitrogens with one attached hydrogen (secondary N) is 1. The fourth-order valence-electron chi connectivity index (χ4n) is 2.24. The molecule has 7 nitrogen and oxygen atoms in total. The van der Waals surface area contributed by atoms with Gasteiger partial charge in [0.1, 0.15) is 0 Å². The second-order valence-corrected chi connectivity index (χ2v) is 5.89. The maximum absolute atomic E-state index is 11.8. The average molecular weight is 377 g/mol. The minimum atomic E-state index is -0.702. The summed E-state index contributed by atoms with van der Waals surface area (Å²) in [6.45, 7) is -0.0394. The van der Waals surface area contributed by atoms with Crippen molar-refractivity contribution in [2.75, 3.05) is 13.2 Å². The van der Waals surface area contributed by atoms with Crippen molar-refractivity contribution in [1.29, 1.82) is 0 Å². The Morgan fingerprint density at radius 2 is 1.81 bits per heavy atom. The summed E-state index contributed by atoms with van der Waals surface area (Å²) in [5.41, 5.74) is 1.10. The normalized spacial score (nSPS) is 10.2. The molecular weight excluding hydrogens is 360 g/mol. The molecule has 8 heteroatoms. The van der Waals surface area contributed by atoms with Crippen LogP contribution in [0.4, 0.5) is 5.69 Å². The van der Waals surface area contributed by atoms with E-state index < -0.39 is 23.4 Å². The first-order valence-corrected chi connectivity index (χ1v) is 8.22. The molecule has 0 spiro atoms. The molecule has 0 heterocycles. The van der Waals surface area contributed by atoms with Crippen LogP contribution >= 0.6 is 11.6 Å². The highest BCUT2D eigenvalue weighted by molar-refractivity contribution is 6.30. The van der Waals surface area contributed by atoms with Crippen molar-refractivity contribution >= 4 is 29.2 Å². The van der Waals surface area contributed by atoms with Crippen molar-refractivity contribution in [1.82, 2.24) is 5.32 Å². The predicted molar refractivity (Wildman–Crippen MR) is 95.9 cm³/mol. The number of hydrogen-bond donors (Lipinski definition) is 1. The lowest BCUT2D eigenvalue weighted by Crippen LogP contribution is -2.30. The molecule has 2 aromatic rings. The zero-order chi connectivity index (χ0) is 18.9. The van der Waals surface area contributed by atoms with Crippen molar-refractivity contribution in [2.24, 2.45) is 0 Å². The molecule has 0 radical (unpaired) electrons. The molecule has 2 rings (SSSR count). The third-order valence-corrected chi connectivity index (χ3v) is 3.79. The van der Waals surface area contributed by atoms with Gasteiger partial charge in [-0.1, -0.05) is 41.9 Å². The summed E-state index contributed by atoms with van der Waals surface area (Å²) < 4.78 is 4.87. The van der Waals surface area contributed by atoms with Crippen LogP contribution in [-0.4, -0.2) is 30.0 Å². The van der Waals surface area contributed by atoms with E-state index in [4.69, 9.17) is 16.3 Å². The summed E-state index contributed by atoms with van der Waals surface area (Å²) in [6, 6.07) is 13.2. The molecule has 0 saturated heterocycles. The van der Waals surface area contributed by atoms with Gasteiger partial charge in [-0.05, 0) is 24.1 Å². The van der Waals surface area contributed by atoms with Crippen LogP contribution in [0.3, 0.4) is 0 Å². The topological polar surface area (TPSA) is 98.5 Å². The Bertz CT molecular complexity index is 792. The van der Waals surface area contributed by atoms with Crippen molar-refractivity contribution in [3.8, 4) is 0 Å². The van der Waals surface area contributed by atoms with E-state index >= 15 is 0 Å². The number of carbonyl (C=O) groups excluding carboxylic acids is 2. The second-order valence-electron chi connectivity index (χ2n) is 5.45. The maximum Gasteiger partial charge on any atom is 0.311 e. The van der Waals surface area contributed by atoms with Crippen molar-refractivity contribution < 1.29 is 19.2 Å². The summed E-state index contributed by atoms with van der Waals surface area (Å²) in [5.74, 6) is -1.14. The highest BCUT2D eigenvalue weighted by Crippen LogP contribution is 2.18. The van der Waals surface area contributed by atoms with Crippen LogP contribution in [0.2, 0.25) is 5.02 Å². The summed E-state index contributed by atoms with van der Waals surface area (Å²) in [5, 5.41) is 14.2. The van der Waals surface area contributed by atoms with Gasteiger partial charge in [-0.25, -0.2) is 0 Å². The van der Waals surface area contributed by atoms with Gasteiger partial charge in [0, 0.05) is 23.2 Å². The SMILES string of the molecule is O=C(COC(=O)Cc1ccccc1[N+](=O)[O-])NCCc1ccc(Cl)cc1. The van der Waals surface area contributed by atoms with Gasteiger partial charge in [-0.2, -0.15) is 0 Å². The van der Waals surface area contributed by atoms with Crippen LogP contribution in [-0.2, 0) is 27.2 Å². The monoisotopic (exact) mass is 376 g/mol. The fourth-order valence-corrected chi connectivity index (χ4v) is 2.37. The van der Waals surface area contributed by atoms with Gasteiger partial charge in [0.25, 0.3) is 11.6 Å². The Morgan fingerprint density at radius 3 is 2.50 bits per heavy atom. The molecule has 0 unspecified atom stereocenters. The van der Waals surface area contributed by atoms with E-state index in [0.717, 1.165) is 5.56 Å². The van der Waals surface area contributed by atoms with E-state index in [-0.39, 0.29) is 17.7 Å². The second kappa shape index (κ2) is 9.53. The largest absolute Gasteiger partial charge is 0.455 e. The maximum atomic E-state index is 11.8. The number of rotatable bonds is 8. The molecule has 26 heavy (non-hydrogen) atoms. The molecule has 2 aromatic carbocycles. The number of benzene rings is 2. The number of nitro benzene ring substituents is 1. The number of nitro groups is 1. The van der Waals surface area contributed by atoms with Gasteiger partial charge in [0.05, 0.1) is 11.3 Å². The van der Waals surface area contributed by atoms with Gasteiger partial charge >= 0.3 is 5.97 Å². The lowest BCUT2D eigenvalue weighted by molar-refractivity contribution is -0.385. The summed E-state index contributed by atoms with van der Waals surface area (Å²) in [6.07, 6.45) is 0.349. The Labute approximate surface area is 155 Å². The zero-order valence-corrected chi connectivity index (χ0v) is 14.6. The van der Waals surface area contributed by atoms with E-state index in [9.17, 15) is 19.7 Å². The molecule has 0 bridgehead atoms. The number of para-hydroxylation sites is 1. The highest BCUT2D eigenvalue weighted by Gasteiger charge is 2.16. The van der Waals surface area contributed by atoms with E-state index in [2.05, 4.69) is 5.32 Å². The summed E-state index contributed by atoms with van der Waals surface area (Å²) in [7, 11) is 0. The molecule has 136 valence electrons. The van der Waals surface area contributed by atoms with Crippen LogP contribution in [0.25, 0.3) is 0 Å². The predicted octanol–water partition coefficient (Wildman–Crippen LogP) is 2.69. The number of ether oxygens (including phenoxy) is 1. The molecule has 1 N–H and O–H groups in total. The fraction of sp³-hybridized carbons (Fsp3) is 0.222. The van der Waals surface area contributed by atoms with Crippen molar-refractivity contribution in [3.63, 3.8) is 0 Å². The first kappa shape index (κ1) is 19.4. The molecule has 0 saturated carbocycles. The smallest absolute Gasteiger partial charge is 0.311 e. The van der Waals surface area contributed by atoms with Gasteiger partial charge in [0.2, 0.25) is 0 Å². The van der Waals surface area contributed by atoms with Gasteiger partial charge < -0.3 is 10.1 Å². The van der Waals surface area contributed by atoms with Crippen LogP contribution in [0.5, 0.6) is 0 Å². The average Bonchev–Trinajstić information content (AvgIpc) is 2.62. The molecular formula is C18H17ClN2O5. The third kappa shape index (κ3) is 6.18. The number of esters is 1. The Kier molecular flexibility index (Phi) is 7.11. The van der Waals surface area contributed by atoms with E-state index in [1.807, 2.05) is 12.1 Å². The first-order valence-electron chi connectivity index (χ1n) is 7.85. The molecule has 0 aromatic heterocycles. The number of halogens is 1. The lowest BCUT2D eigenvalue weighted by atomic mass is 10.1. The first-order chi connectivity index (χ1) is 12.5. The standard InChI is InChI=1S/C18H17ClN2O5/c19-15-7-5-13(6-8-15)9-10-20-17(22)12-26-18(23)11-14-3-1-2-4-16(14)21(24)25/h1-8H,9-12H2,(H,20,22). The minimum absolute atomic E-state index is 0.156. The minimum Gasteiger partial charge on any atom is -0.455 e. The third-order valence-electron chi connectivity index (χ3n) is 3.54. The molecule has 0 aliphatic rings. The van der Waals surface area contributed by atoms with Gasteiger partial charge in [-0.3, -0.25) is 19.7 Å². The Morgan fingerprint density at radius 1 is 1.12 bits per heavy atom. The zero-order valence-electron chi connectivity index (χ0n) is 13.8.